The van der Waals surface area contributed by atoms with Gasteiger partial charge in [0, 0.05) is 0 Å². The standard InChI is InChI=1S/C16H22N4O2/c1-10-13-14(17-11(2)18-15(13)22-20-10)19-12-8-16(21-9-12)6-4-3-5-7-16/h12H,3-9H2,1-2H3,(H,17,18,19). The Bertz CT molecular complexity index is 691. The molecule has 22 heavy (non-hydrogen) atoms. The zero-order valence-corrected chi connectivity index (χ0v) is 13.2. The third-order valence-electron chi connectivity index (χ3n) is 4.93. The monoisotopic (exact) mass is 302 g/mol. The molecule has 3 heterocycles. The summed E-state index contributed by atoms with van der Waals surface area (Å²) in [6, 6.07) is 0.296. The molecule has 6 heteroatoms. The van der Waals surface area contributed by atoms with Gasteiger partial charge in [-0.3, -0.25) is 0 Å². The van der Waals surface area contributed by atoms with Gasteiger partial charge in [0.05, 0.1) is 23.9 Å². The SMILES string of the molecule is Cc1nc(NC2COC3(CCCCC3)C2)c2c(C)noc2n1. The number of nitrogens with one attached hydrogen (secondary N) is 1. The van der Waals surface area contributed by atoms with E-state index < -0.39 is 0 Å². The number of hydrogen-bond acceptors (Lipinski definition) is 6. The molecule has 1 spiro atoms. The average Bonchev–Trinajstić information content (AvgIpc) is 3.04. The Morgan fingerprint density at radius 3 is 2.77 bits per heavy atom. The van der Waals surface area contributed by atoms with Gasteiger partial charge >= 0.3 is 0 Å². The first-order valence-electron chi connectivity index (χ1n) is 8.16. The summed E-state index contributed by atoms with van der Waals surface area (Å²) in [4.78, 5) is 8.86. The lowest BCUT2D eigenvalue weighted by molar-refractivity contribution is -0.0244. The second kappa shape index (κ2) is 5.19. The van der Waals surface area contributed by atoms with Crippen molar-refractivity contribution in [3.63, 3.8) is 0 Å². The van der Waals surface area contributed by atoms with E-state index >= 15 is 0 Å². The molecule has 1 N–H and O–H groups in total. The zero-order chi connectivity index (χ0) is 15.2. The predicted molar refractivity (Wildman–Crippen MR) is 82.9 cm³/mol. The summed E-state index contributed by atoms with van der Waals surface area (Å²) in [5.74, 6) is 1.51. The maximum atomic E-state index is 6.18. The van der Waals surface area contributed by atoms with Crippen molar-refractivity contribution in [3.8, 4) is 0 Å². The van der Waals surface area contributed by atoms with Crippen molar-refractivity contribution in [2.24, 2.45) is 0 Å². The number of anilines is 1. The minimum absolute atomic E-state index is 0.0980. The molecule has 1 saturated heterocycles. The van der Waals surface area contributed by atoms with Gasteiger partial charge in [0.2, 0.25) is 0 Å². The van der Waals surface area contributed by atoms with Gasteiger partial charge in [-0.05, 0) is 33.1 Å². The van der Waals surface area contributed by atoms with Gasteiger partial charge in [-0.15, -0.1) is 0 Å². The van der Waals surface area contributed by atoms with E-state index in [2.05, 4.69) is 20.4 Å². The van der Waals surface area contributed by atoms with Crippen LogP contribution in [0.2, 0.25) is 0 Å². The first-order valence-corrected chi connectivity index (χ1v) is 8.16. The lowest BCUT2D eigenvalue weighted by Gasteiger charge is -2.32. The van der Waals surface area contributed by atoms with Crippen LogP contribution in [0.5, 0.6) is 0 Å². The highest BCUT2D eigenvalue weighted by Crippen LogP contribution is 2.40. The summed E-state index contributed by atoms with van der Waals surface area (Å²) < 4.78 is 11.4. The van der Waals surface area contributed by atoms with E-state index in [4.69, 9.17) is 9.26 Å². The van der Waals surface area contributed by atoms with Crippen molar-refractivity contribution in [2.75, 3.05) is 11.9 Å². The summed E-state index contributed by atoms with van der Waals surface area (Å²) >= 11 is 0. The van der Waals surface area contributed by atoms with Crippen LogP contribution >= 0.6 is 0 Å². The number of rotatable bonds is 2. The molecule has 0 bridgehead atoms. The Morgan fingerprint density at radius 1 is 1.14 bits per heavy atom. The Kier molecular flexibility index (Phi) is 3.29. The van der Waals surface area contributed by atoms with E-state index in [1.165, 1.54) is 32.1 Å². The fraction of sp³-hybridized carbons (Fsp3) is 0.688. The van der Waals surface area contributed by atoms with Crippen molar-refractivity contribution in [1.82, 2.24) is 15.1 Å². The van der Waals surface area contributed by atoms with Crippen LogP contribution in [-0.2, 0) is 4.74 Å². The molecule has 0 radical (unpaired) electrons. The molecule has 118 valence electrons. The molecule has 1 aliphatic carbocycles. The Balaban J connectivity index is 1.58. The zero-order valence-electron chi connectivity index (χ0n) is 13.2. The quantitative estimate of drug-likeness (QED) is 0.918. The maximum absolute atomic E-state index is 6.18. The molecule has 2 fully saturated rings. The van der Waals surface area contributed by atoms with Crippen LogP contribution < -0.4 is 5.32 Å². The molecular weight excluding hydrogens is 280 g/mol. The van der Waals surface area contributed by atoms with Gasteiger partial charge in [0.15, 0.2) is 0 Å². The van der Waals surface area contributed by atoms with Crippen LogP contribution in [0.15, 0.2) is 4.52 Å². The van der Waals surface area contributed by atoms with Crippen LogP contribution in [-0.4, -0.2) is 33.4 Å². The number of aryl methyl sites for hydroxylation is 2. The Hall–Kier alpha value is -1.69. The number of nitrogens with zero attached hydrogens (tertiary/aromatic N) is 3. The third kappa shape index (κ3) is 2.35. The van der Waals surface area contributed by atoms with E-state index in [1.54, 1.807) is 0 Å². The van der Waals surface area contributed by atoms with E-state index in [0.717, 1.165) is 29.9 Å². The van der Waals surface area contributed by atoms with Crippen LogP contribution in [0, 0.1) is 13.8 Å². The molecule has 1 unspecified atom stereocenters. The van der Waals surface area contributed by atoms with E-state index in [-0.39, 0.29) is 5.60 Å². The summed E-state index contributed by atoms with van der Waals surface area (Å²) in [6.45, 7) is 4.54. The molecule has 1 saturated carbocycles. The average molecular weight is 302 g/mol. The van der Waals surface area contributed by atoms with Gasteiger partial charge in [-0.25, -0.2) is 4.98 Å². The van der Waals surface area contributed by atoms with Crippen LogP contribution in [0.3, 0.4) is 0 Å². The van der Waals surface area contributed by atoms with Crippen molar-refractivity contribution >= 4 is 16.9 Å². The molecule has 4 rings (SSSR count). The van der Waals surface area contributed by atoms with Crippen molar-refractivity contribution in [1.29, 1.82) is 0 Å². The normalized spacial score (nSPS) is 24.2. The summed E-state index contributed by atoms with van der Waals surface area (Å²) in [7, 11) is 0. The van der Waals surface area contributed by atoms with Gasteiger partial charge in [-0.2, -0.15) is 4.98 Å². The lowest BCUT2D eigenvalue weighted by Crippen LogP contribution is -2.31. The highest BCUT2D eigenvalue weighted by molar-refractivity contribution is 5.87. The molecule has 2 aromatic heterocycles. The molecule has 0 amide bonds. The molecule has 0 aromatic carbocycles. The number of hydrogen-bond donors (Lipinski definition) is 1. The minimum Gasteiger partial charge on any atom is -0.373 e. The van der Waals surface area contributed by atoms with Gasteiger partial charge in [0.25, 0.3) is 5.71 Å². The smallest absolute Gasteiger partial charge is 0.263 e. The molecule has 1 aliphatic heterocycles. The second-order valence-corrected chi connectivity index (χ2v) is 6.67. The highest BCUT2D eigenvalue weighted by Gasteiger charge is 2.41. The molecule has 2 aliphatic rings. The van der Waals surface area contributed by atoms with Crippen LogP contribution in [0.4, 0.5) is 5.82 Å². The Morgan fingerprint density at radius 2 is 1.95 bits per heavy atom. The van der Waals surface area contributed by atoms with Crippen molar-refractivity contribution in [2.45, 2.75) is 64.0 Å². The van der Waals surface area contributed by atoms with Crippen molar-refractivity contribution < 1.29 is 9.26 Å². The Labute approximate surface area is 129 Å². The van der Waals surface area contributed by atoms with Crippen molar-refractivity contribution in [3.05, 3.63) is 11.5 Å². The molecular formula is C16H22N4O2. The lowest BCUT2D eigenvalue weighted by atomic mass is 9.82. The van der Waals surface area contributed by atoms with Gasteiger partial charge < -0.3 is 14.6 Å². The summed E-state index contributed by atoms with van der Waals surface area (Å²) in [6.07, 6.45) is 7.35. The third-order valence-corrected chi connectivity index (χ3v) is 4.93. The second-order valence-electron chi connectivity index (χ2n) is 6.67. The van der Waals surface area contributed by atoms with Gasteiger partial charge in [0.1, 0.15) is 17.0 Å². The van der Waals surface area contributed by atoms with Crippen LogP contribution in [0.25, 0.3) is 11.1 Å². The van der Waals surface area contributed by atoms with Gasteiger partial charge in [-0.1, -0.05) is 24.4 Å². The molecule has 1 atom stereocenters. The number of aromatic nitrogens is 3. The fourth-order valence-corrected chi connectivity index (χ4v) is 3.88. The summed E-state index contributed by atoms with van der Waals surface area (Å²) in [5.41, 5.74) is 1.48. The minimum atomic E-state index is 0.0980. The maximum Gasteiger partial charge on any atom is 0.263 e. The molecule has 6 nitrogen and oxygen atoms in total. The first-order chi connectivity index (χ1) is 10.7. The number of ether oxygens (including phenoxy) is 1. The summed E-state index contributed by atoms with van der Waals surface area (Å²) in [5, 5.41) is 8.44. The van der Waals surface area contributed by atoms with E-state index in [1.807, 2.05) is 13.8 Å². The fourth-order valence-electron chi connectivity index (χ4n) is 3.88. The van der Waals surface area contributed by atoms with E-state index in [9.17, 15) is 0 Å². The van der Waals surface area contributed by atoms with Crippen LogP contribution in [0.1, 0.15) is 50.0 Å². The molecule has 2 aromatic rings. The number of fused-ring (bicyclic) bond motifs is 1. The predicted octanol–water partition coefficient (Wildman–Crippen LogP) is 3.14. The first kappa shape index (κ1) is 13.9. The topological polar surface area (TPSA) is 73.1 Å². The highest BCUT2D eigenvalue weighted by atomic mass is 16.5. The largest absolute Gasteiger partial charge is 0.373 e. The van der Waals surface area contributed by atoms with E-state index in [0.29, 0.717) is 17.6 Å².